The molecule has 11 rings (SSSR count). The van der Waals surface area contributed by atoms with Crippen LogP contribution in [0.25, 0.3) is 98.4 Å². The maximum atomic E-state index is 2.51. The Morgan fingerprint density at radius 1 is 0.280 bits per heavy atom. The van der Waals surface area contributed by atoms with Gasteiger partial charge in [-0.3, -0.25) is 0 Å². The molecule has 11 aromatic rings. The van der Waals surface area contributed by atoms with Crippen molar-refractivity contribution >= 4 is 75.9 Å². The van der Waals surface area contributed by atoms with Gasteiger partial charge >= 0.3 is 0 Å². The lowest BCUT2D eigenvalue weighted by Gasteiger charge is -2.16. The molecule has 0 aliphatic heterocycles. The zero-order chi connectivity index (χ0) is 32.8. The van der Waals surface area contributed by atoms with Crippen LogP contribution in [0.15, 0.2) is 182 Å². The third-order valence-corrected chi connectivity index (χ3v) is 10.7. The first-order valence-corrected chi connectivity index (χ1v) is 17.3. The molecular weight excluding hydrogens is 605 g/mol. The molecule has 0 spiro atoms. The van der Waals surface area contributed by atoms with Gasteiger partial charge in [-0.15, -0.1) is 0 Å². The van der Waals surface area contributed by atoms with Crippen molar-refractivity contribution in [3.05, 3.63) is 182 Å². The summed E-state index contributed by atoms with van der Waals surface area (Å²) in [7, 11) is 0. The van der Waals surface area contributed by atoms with E-state index in [2.05, 4.69) is 191 Å². The quantitative estimate of drug-likeness (QED) is 0.171. The smallest absolute Gasteiger partial charge is 0.0789 e. The van der Waals surface area contributed by atoms with Crippen molar-refractivity contribution in [2.24, 2.45) is 0 Å². The Kier molecular flexibility index (Phi) is 5.70. The molecule has 2 aromatic heterocycles. The lowest BCUT2D eigenvalue weighted by molar-refractivity contribution is 1.15. The molecule has 0 atom stereocenters. The largest absolute Gasteiger partial charge is 0.307 e. The summed E-state index contributed by atoms with van der Waals surface area (Å²) >= 11 is 0. The highest BCUT2D eigenvalue weighted by Crippen LogP contribution is 2.44. The molecule has 0 saturated carbocycles. The van der Waals surface area contributed by atoms with Crippen LogP contribution in [0.2, 0.25) is 0 Å². The fourth-order valence-corrected chi connectivity index (χ4v) is 8.58. The van der Waals surface area contributed by atoms with E-state index in [9.17, 15) is 0 Å². The van der Waals surface area contributed by atoms with Crippen molar-refractivity contribution in [3.8, 4) is 22.5 Å². The average Bonchev–Trinajstić information content (AvgIpc) is 3.71. The number of hydrogen-bond acceptors (Lipinski definition) is 0. The molecule has 0 aliphatic carbocycles. The van der Waals surface area contributed by atoms with Crippen LogP contribution in [-0.2, 0) is 0 Å². The van der Waals surface area contributed by atoms with E-state index < -0.39 is 0 Å². The van der Waals surface area contributed by atoms with Gasteiger partial charge in [0.1, 0.15) is 0 Å². The lowest BCUT2D eigenvalue weighted by Crippen LogP contribution is -2.00. The van der Waals surface area contributed by atoms with Gasteiger partial charge in [0.05, 0.1) is 27.8 Å². The number of hydrogen-bond donors (Lipinski definition) is 0. The van der Waals surface area contributed by atoms with Crippen molar-refractivity contribution < 1.29 is 0 Å². The van der Waals surface area contributed by atoms with Gasteiger partial charge in [-0.2, -0.15) is 0 Å². The lowest BCUT2D eigenvalue weighted by atomic mass is 9.94. The summed E-state index contributed by atoms with van der Waals surface area (Å²) in [6, 6.07) is 66.7. The van der Waals surface area contributed by atoms with Crippen molar-refractivity contribution in [2.45, 2.75) is 0 Å². The first-order valence-electron chi connectivity index (χ1n) is 17.3. The van der Waals surface area contributed by atoms with Crippen LogP contribution in [0.3, 0.4) is 0 Å². The number of aromatic nitrogens is 2. The van der Waals surface area contributed by atoms with Gasteiger partial charge in [0, 0.05) is 32.8 Å². The van der Waals surface area contributed by atoms with Crippen LogP contribution in [0.5, 0.6) is 0 Å². The maximum Gasteiger partial charge on any atom is 0.0789 e. The Balaban J connectivity index is 1.33. The number of rotatable bonds is 3. The molecule has 9 aromatic carbocycles. The van der Waals surface area contributed by atoms with Crippen molar-refractivity contribution in [1.82, 2.24) is 9.13 Å². The molecule has 0 fully saturated rings. The molecule has 2 heterocycles. The molecule has 0 saturated heterocycles. The van der Waals surface area contributed by atoms with E-state index in [1.165, 1.54) is 92.7 Å². The summed E-state index contributed by atoms with van der Waals surface area (Å²) in [5.74, 6) is 0. The zero-order valence-electron chi connectivity index (χ0n) is 27.2. The molecule has 0 radical (unpaired) electrons. The highest BCUT2D eigenvalue weighted by Gasteiger charge is 2.22. The molecule has 0 aliphatic rings. The Bertz CT molecular complexity index is 3110. The predicted octanol–water partition coefficient (Wildman–Crippen LogP) is 13.0. The van der Waals surface area contributed by atoms with Gasteiger partial charge in [0.2, 0.25) is 0 Å². The summed E-state index contributed by atoms with van der Waals surface area (Å²) in [6.45, 7) is 0. The molecule has 0 N–H and O–H groups in total. The Morgan fingerprint density at radius 3 is 1.36 bits per heavy atom. The predicted molar refractivity (Wildman–Crippen MR) is 213 cm³/mol. The second-order valence-corrected chi connectivity index (χ2v) is 13.3. The van der Waals surface area contributed by atoms with Gasteiger partial charge in [0.15, 0.2) is 0 Å². The van der Waals surface area contributed by atoms with Crippen LogP contribution in [0.1, 0.15) is 0 Å². The molecule has 0 unspecified atom stereocenters. The van der Waals surface area contributed by atoms with E-state index in [-0.39, 0.29) is 0 Å². The van der Waals surface area contributed by atoms with Gasteiger partial charge in [-0.25, -0.2) is 0 Å². The average molecular weight is 635 g/mol. The molecule has 232 valence electrons. The van der Waals surface area contributed by atoms with Crippen molar-refractivity contribution in [2.75, 3.05) is 0 Å². The maximum absolute atomic E-state index is 2.51. The third kappa shape index (κ3) is 3.73. The third-order valence-electron chi connectivity index (χ3n) is 10.7. The van der Waals surface area contributed by atoms with E-state index in [1.807, 2.05) is 0 Å². The van der Waals surface area contributed by atoms with Gasteiger partial charge in [-0.1, -0.05) is 152 Å². The van der Waals surface area contributed by atoms with E-state index in [0.29, 0.717) is 0 Å². The Hall–Kier alpha value is -6.64. The minimum Gasteiger partial charge on any atom is -0.307 e. The summed E-state index contributed by atoms with van der Waals surface area (Å²) in [4.78, 5) is 0. The number of para-hydroxylation sites is 3. The van der Waals surface area contributed by atoms with E-state index in [0.717, 1.165) is 5.69 Å². The SMILES string of the molecule is c1ccc(-c2ccccc2-n2c3ccccc3c3ccc4c5ccccc5n(-c5ccc6c7ccccc7c7ccccc7c6c5)c4c32)cc1. The number of fused-ring (bicyclic) bond motifs is 13. The molecule has 2 nitrogen and oxygen atoms in total. The van der Waals surface area contributed by atoms with Crippen LogP contribution >= 0.6 is 0 Å². The first-order chi connectivity index (χ1) is 24.8. The van der Waals surface area contributed by atoms with Crippen molar-refractivity contribution in [3.63, 3.8) is 0 Å². The fraction of sp³-hybridized carbons (Fsp3) is 0. The number of nitrogens with zero attached hydrogens (tertiary/aromatic N) is 2. The molecule has 0 amide bonds. The minimum absolute atomic E-state index is 1.16. The van der Waals surface area contributed by atoms with E-state index in [4.69, 9.17) is 0 Å². The second-order valence-electron chi connectivity index (χ2n) is 13.3. The van der Waals surface area contributed by atoms with Gasteiger partial charge < -0.3 is 9.13 Å². The molecule has 50 heavy (non-hydrogen) atoms. The standard InChI is InChI=1S/C48H30N2/c1-2-14-31(15-3-1)33-16-8-11-23-44(33)50-46-25-13-10-22-40(46)42-29-28-41-39-21-9-12-24-45(39)49(47(41)48(42)50)32-26-27-38-36-19-5-4-17-34(36)35-18-6-7-20-37(35)43(38)30-32/h1-30H. The van der Waals surface area contributed by atoms with Crippen LogP contribution < -0.4 is 0 Å². The fourth-order valence-electron chi connectivity index (χ4n) is 8.58. The molecule has 2 heteroatoms. The topological polar surface area (TPSA) is 9.86 Å². The summed E-state index contributed by atoms with van der Waals surface area (Å²) in [5.41, 5.74) is 9.57. The Labute approximate surface area is 288 Å². The van der Waals surface area contributed by atoms with E-state index >= 15 is 0 Å². The molecule has 0 bridgehead atoms. The van der Waals surface area contributed by atoms with Crippen LogP contribution in [-0.4, -0.2) is 9.13 Å². The monoisotopic (exact) mass is 634 g/mol. The molecular formula is C48H30N2. The number of benzene rings is 9. The highest BCUT2D eigenvalue weighted by atomic mass is 15.0. The van der Waals surface area contributed by atoms with Gasteiger partial charge in [0.25, 0.3) is 0 Å². The Morgan fingerprint density at radius 2 is 0.720 bits per heavy atom. The summed E-state index contributed by atoms with van der Waals surface area (Å²) in [5, 5.41) is 12.7. The van der Waals surface area contributed by atoms with E-state index in [1.54, 1.807) is 0 Å². The zero-order valence-corrected chi connectivity index (χ0v) is 27.2. The summed E-state index contributed by atoms with van der Waals surface area (Å²) in [6.07, 6.45) is 0. The second kappa shape index (κ2) is 10.4. The first kappa shape index (κ1) is 27.3. The summed E-state index contributed by atoms with van der Waals surface area (Å²) < 4.78 is 5.02. The minimum atomic E-state index is 1.16. The van der Waals surface area contributed by atoms with Gasteiger partial charge in [-0.05, 0) is 68.2 Å². The van der Waals surface area contributed by atoms with Crippen LogP contribution in [0, 0.1) is 0 Å². The highest BCUT2D eigenvalue weighted by molar-refractivity contribution is 6.27. The normalized spacial score (nSPS) is 12.0. The van der Waals surface area contributed by atoms with Crippen LogP contribution in [0.4, 0.5) is 0 Å². The van der Waals surface area contributed by atoms with Crippen molar-refractivity contribution in [1.29, 1.82) is 0 Å².